The maximum Gasteiger partial charge on any atom is 0.397 e. The van der Waals surface area contributed by atoms with Gasteiger partial charge in [0.15, 0.2) is 5.78 Å². The second kappa shape index (κ2) is 5.95. The van der Waals surface area contributed by atoms with E-state index in [2.05, 4.69) is 0 Å². The summed E-state index contributed by atoms with van der Waals surface area (Å²) in [6.45, 7) is -0.455. The Labute approximate surface area is 118 Å². The second-order valence-electron chi connectivity index (χ2n) is 4.52. The molecule has 6 heteroatoms. The summed E-state index contributed by atoms with van der Waals surface area (Å²) in [6.07, 6.45) is -6.16. The smallest absolute Gasteiger partial charge is 0.348 e. The van der Waals surface area contributed by atoms with Crippen LogP contribution in [-0.2, 0) is 4.79 Å². The van der Waals surface area contributed by atoms with Gasteiger partial charge in [-0.15, -0.1) is 0 Å². The fraction of sp³-hybridized carbons (Fsp3) is 0.200. The van der Waals surface area contributed by atoms with E-state index in [0.717, 1.165) is 5.39 Å². The fourth-order valence-corrected chi connectivity index (χ4v) is 1.99. The molecule has 0 aliphatic carbocycles. The van der Waals surface area contributed by atoms with E-state index in [1.54, 1.807) is 24.3 Å². The lowest BCUT2D eigenvalue weighted by molar-refractivity contribution is -0.153. The van der Waals surface area contributed by atoms with Crippen molar-refractivity contribution in [1.82, 2.24) is 5.32 Å². The molecule has 0 aliphatic rings. The molecule has 0 saturated heterocycles. The number of alkyl halides is 3. The van der Waals surface area contributed by atoms with Gasteiger partial charge in [-0.25, -0.2) is 0 Å². The summed E-state index contributed by atoms with van der Waals surface area (Å²) in [6, 6.07) is 12.3. The molecule has 0 aliphatic heterocycles. The average molecular weight is 295 g/mol. The summed E-state index contributed by atoms with van der Waals surface area (Å²) in [4.78, 5) is 23.1. The third-order valence-electron chi connectivity index (χ3n) is 2.90. The van der Waals surface area contributed by atoms with Crippen molar-refractivity contribution < 1.29 is 22.8 Å². The summed E-state index contributed by atoms with van der Waals surface area (Å²) in [5, 5.41) is 3.55. The highest BCUT2D eigenvalue weighted by atomic mass is 19.4. The summed E-state index contributed by atoms with van der Waals surface area (Å²) in [5.41, 5.74) is 0.375. The van der Waals surface area contributed by atoms with Crippen molar-refractivity contribution in [3.63, 3.8) is 0 Å². The molecule has 0 radical (unpaired) electrons. The van der Waals surface area contributed by atoms with Gasteiger partial charge in [0.25, 0.3) is 0 Å². The normalized spacial score (nSPS) is 11.4. The Balaban J connectivity index is 2.08. The van der Waals surface area contributed by atoms with Crippen LogP contribution in [0, 0.1) is 0 Å². The Morgan fingerprint density at radius 1 is 1.00 bits per heavy atom. The largest absolute Gasteiger partial charge is 0.397 e. The third-order valence-corrected chi connectivity index (χ3v) is 2.90. The molecule has 0 spiro atoms. The van der Waals surface area contributed by atoms with Gasteiger partial charge in [0.05, 0.1) is 6.54 Å². The second-order valence-corrected chi connectivity index (χ2v) is 4.52. The van der Waals surface area contributed by atoms with Gasteiger partial charge >= 0.3 is 6.18 Å². The number of nitrogens with one attached hydrogen (secondary N) is 1. The quantitative estimate of drug-likeness (QED) is 0.881. The van der Waals surface area contributed by atoms with Crippen LogP contribution in [-0.4, -0.2) is 24.4 Å². The molecule has 0 unspecified atom stereocenters. The molecule has 1 amide bonds. The van der Waals surface area contributed by atoms with Crippen LogP contribution in [0.3, 0.4) is 0 Å². The molecule has 0 aromatic heterocycles. The van der Waals surface area contributed by atoms with Crippen LogP contribution in [0.5, 0.6) is 0 Å². The molecule has 0 fully saturated rings. The highest BCUT2D eigenvalue weighted by molar-refractivity contribution is 6.09. The number of hydrogen-bond acceptors (Lipinski definition) is 2. The van der Waals surface area contributed by atoms with E-state index in [4.69, 9.17) is 0 Å². The van der Waals surface area contributed by atoms with Gasteiger partial charge in [-0.1, -0.05) is 42.5 Å². The summed E-state index contributed by atoms with van der Waals surface area (Å²) in [7, 11) is 0. The highest BCUT2D eigenvalue weighted by Crippen LogP contribution is 2.20. The van der Waals surface area contributed by atoms with E-state index in [-0.39, 0.29) is 0 Å². The van der Waals surface area contributed by atoms with Crippen molar-refractivity contribution in [2.45, 2.75) is 12.6 Å². The van der Waals surface area contributed by atoms with Crippen molar-refractivity contribution in [2.24, 2.45) is 0 Å². The molecule has 3 nitrogen and oxygen atoms in total. The third kappa shape index (κ3) is 4.05. The molecule has 0 saturated carbocycles. The molecule has 0 bridgehead atoms. The van der Waals surface area contributed by atoms with E-state index in [1.807, 2.05) is 23.5 Å². The van der Waals surface area contributed by atoms with Crippen LogP contribution in [0.4, 0.5) is 13.2 Å². The van der Waals surface area contributed by atoms with Crippen molar-refractivity contribution >= 4 is 22.5 Å². The summed E-state index contributed by atoms with van der Waals surface area (Å²) in [5.74, 6) is -1.64. The molecule has 21 heavy (non-hydrogen) atoms. The monoisotopic (exact) mass is 295 g/mol. The Kier molecular flexibility index (Phi) is 4.26. The van der Waals surface area contributed by atoms with Gasteiger partial charge in [-0.05, 0) is 10.8 Å². The molecule has 110 valence electrons. The summed E-state index contributed by atoms with van der Waals surface area (Å²) >= 11 is 0. The minimum Gasteiger partial charge on any atom is -0.348 e. The van der Waals surface area contributed by atoms with Crippen molar-refractivity contribution in [3.8, 4) is 0 Å². The van der Waals surface area contributed by atoms with Gasteiger partial charge in [0.2, 0.25) is 5.91 Å². The molecule has 2 rings (SSSR count). The lowest BCUT2D eigenvalue weighted by atomic mass is 10.0. The minimum absolute atomic E-state index is 0.375. The number of amides is 1. The molecular weight excluding hydrogens is 283 g/mol. The van der Waals surface area contributed by atoms with Gasteiger partial charge in [-0.3, -0.25) is 9.59 Å². The average Bonchev–Trinajstić information content (AvgIpc) is 2.42. The fourth-order valence-electron chi connectivity index (χ4n) is 1.99. The Morgan fingerprint density at radius 2 is 1.67 bits per heavy atom. The molecule has 2 aromatic carbocycles. The number of carbonyl (C=O) groups is 2. The first kappa shape index (κ1) is 15.0. The number of fused-ring (bicyclic) bond motifs is 1. The zero-order chi connectivity index (χ0) is 15.5. The van der Waals surface area contributed by atoms with Gasteiger partial charge in [0, 0.05) is 5.56 Å². The van der Waals surface area contributed by atoms with Crippen LogP contribution < -0.4 is 5.32 Å². The number of ketones is 1. The molecule has 0 heterocycles. The van der Waals surface area contributed by atoms with Crippen LogP contribution in [0.1, 0.15) is 16.8 Å². The molecular formula is C15H12F3NO2. The van der Waals surface area contributed by atoms with Gasteiger partial charge in [0.1, 0.15) is 6.42 Å². The predicted molar refractivity (Wildman–Crippen MR) is 72.0 cm³/mol. The number of carbonyl (C=O) groups excluding carboxylic acids is 2. The topological polar surface area (TPSA) is 46.2 Å². The predicted octanol–water partition coefficient (Wildman–Crippen LogP) is 3.09. The van der Waals surface area contributed by atoms with Crippen LogP contribution in [0.15, 0.2) is 42.5 Å². The lowest BCUT2D eigenvalue weighted by Crippen LogP contribution is -2.32. The van der Waals surface area contributed by atoms with E-state index < -0.39 is 30.8 Å². The number of Topliss-reactive ketones (excluding diaryl/α,β-unsaturated/α-hetero) is 1. The first-order valence-electron chi connectivity index (χ1n) is 6.21. The Morgan fingerprint density at radius 3 is 2.38 bits per heavy atom. The van der Waals surface area contributed by atoms with Crippen LogP contribution in [0.2, 0.25) is 0 Å². The highest BCUT2D eigenvalue weighted by Gasteiger charge is 2.31. The van der Waals surface area contributed by atoms with Crippen molar-refractivity contribution in [3.05, 3.63) is 48.0 Å². The first-order chi connectivity index (χ1) is 9.87. The van der Waals surface area contributed by atoms with Gasteiger partial charge in [-0.2, -0.15) is 13.2 Å². The standard InChI is InChI=1S/C15H12F3NO2/c16-15(17,18)8-14(21)19-9-13(20)12-7-3-5-10-4-1-2-6-11(10)12/h1-7H,8-9H2,(H,19,21). The van der Waals surface area contributed by atoms with E-state index >= 15 is 0 Å². The maximum absolute atomic E-state index is 12.0. The Hall–Kier alpha value is -2.37. The zero-order valence-electron chi connectivity index (χ0n) is 10.9. The minimum atomic E-state index is -4.58. The number of halogens is 3. The summed E-state index contributed by atoms with van der Waals surface area (Å²) < 4.78 is 36.0. The van der Waals surface area contributed by atoms with E-state index in [9.17, 15) is 22.8 Å². The number of benzene rings is 2. The molecule has 0 atom stereocenters. The first-order valence-corrected chi connectivity index (χ1v) is 6.21. The Bertz CT molecular complexity index is 675. The van der Waals surface area contributed by atoms with Crippen LogP contribution >= 0.6 is 0 Å². The SMILES string of the molecule is O=C(CC(F)(F)F)NCC(=O)c1cccc2ccccc12. The number of rotatable bonds is 4. The zero-order valence-corrected chi connectivity index (χ0v) is 10.9. The maximum atomic E-state index is 12.0. The van der Waals surface area contributed by atoms with E-state index in [1.165, 1.54) is 0 Å². The van der Waals surface area contributed by atoms with Crippen LogP contribution in [0.25, 0.3) is 10.8 Å². The van der Waals surface area contributed by atoms with Crippen molar-refractivity contribution in [2.75, 3.05) is 6.54 Å². The molecule has 1 N–H and O–H groups in total. The number of hydrogen-bond donors (Lipinski definition) is 1. The molecule has 2 aromatic rings. The van der Waals surface area contributed by atoms with E-state index in [0.29, 0.717) is 10.9 Å². The lowest BCUT2D eigenvalue weighted by Gasteiger charge is -2.08. The van der Waals surface area contributed by atoms with Crippen molar-refractivity contribution in [1.29, 1.82) is 0 Å². The van der Waals surface area contributed by atoms with Gasteiger partial charge < -0.3 is 5.32 Å².